The lowest BCUT2D eigenvalue weighted by molar-refractivity contribution is -0.133. The Morgan fingerprint density at radius 2 is 1.75 bits per heavy atom. The summed E-state index contributed by atoms with van der Waals surface area (Å²) < 4.78 is 6.58. The van der Waals surface area contributed by atoms with Gasteiger partial charge in [0, 0.05) is 0 Å². The molecule has 120 valence electrons. The highest BCUT2D eigenvalue weighted by atomic mass is 16.5. The third-order valence-corrected chi connectivity index (χ3v) is 3.52. The van der Waals surface area contributed by atoms with Gasteiger partial charge in [0.2, 0.25) is 0 Å². The van der Waals surface area contributed by atoms with Gasteiger partial charge < -0.3 is 4.74 Å². The Kier molecular flexibility index (Phi) is 4.81. The summed E-state index contributed by atoms with van der Waals surface area (Å²) in [4.78, 5) is 12.1. The van der Waals surface area contributed by atoms with Crippen molar-refractivity contribution in [1.29, 1.82) is 0 Å². The number of benzene rings is 2. The molecule has 0 aliphatic rings. The fourth-order valence-electron chi connectivity index (χ4n) is 2.33. The average Bonchev–Trinajstić information content (AvgIpc) is 3.09. The van der Waals surface area contributed by atoms with Gasteiger partial charge in [-0.1, -0.05) is 65.9 Å². The highest BCUT2D eigenvalue weighted by molar-refractivity contribution is 6.20. The van der Waals surface area contributed by atoms with E-state index in [0.717, 1.165) is 11.1 Å². The second kappa shape index (κ2) is 7.37. The first-order valence-corrected chi connectivity index (χ1v) is 7.56. The molecule has 5 heteroatoms. The minimum absolute atomic E-state index is 0.378. The minimum atomic E-state index is -0.439. The molecule has 3 rings (SSSR count). The van der Waals surface area contributed by atoms with Crippen molar-refractivity contribution in [3.8, 4) is 0 Å². The van der Waals surface area contributed by atoms with Gasteiger partial charge in [0.05, 0.1) is 25.4 Å². The van der Waals surface area contributed by atoms with Crippen LogP contribution >= 0.6 is 0 Å². The summed E-state index contributed by atoms with van der Waals surface area (Å²) in [6, 6.07) is 19.5. The molecule has 3 aromatic rings. The third-order valence-electron chi connectivity index (χ3n) is 3.52. The molecule has 0 spiro atoms. The number of hydrogen-bond donors (Lipinski definition) is 0. The molecule has 0 aliphatic heterocycles. The van der Waals surface area contributed by atoms with Crippen molar-refractivity contribution in [2.24, 2.45) is 0 Å². The van der Waals surface area contributed by atoms with E-state index in [0.29, 0.717) is 17.8 Å². The van der Waals surface area contributed by atoms with Crippen LogP contribution in [-0.4, -0.2) is 28.1 Å². The second-order valence-electron chi connectivity index (χ2n) is 5.25. The van der Waals surface area contributed by atoms with Crippen molar-refractivity contribution in [3.05, 3.63) is 83.7 Å². The van der Waals surface area contributed by atoms with Crippen molar-refractivity contribution in [2.75, 3.05) is 7.11 Å². The third kappa shape index (κ3) is 3.76. The van der Waals surface area contributed by atoms with Crippen LogP contribution in [0.5, 0.6) is 0 Å². The normalized spacial score (nSPS) is 11.3. The lowest BCUT2D eigenvalue weighted by atomic mass is 10.1. The summed E-state index contributed by atoms with van der Waals surface area (Å²) in [6.07, 6.45) is 3.50. The number of carbonyl (C=O) groups excluding carboxylic acids is 1. The monoisotopic (exact) mass is 319 g/mol. The van der Waals surface area contributed by atoms with Crippen LogP contribution in [0.25, 0.3) is 11.6 Å². The Hall–Kier alpha value is -3.21. The minimum Gasteiger partial charge on any atom is -0.465 e. The zero-order valence-corrected chi connectivity index (χ0v) is 13.3. The topological polar surface area (TPSA) is 57.0 Å². The van der Waals surface area contributed by atoms with Crippen molar-refractivity contribution >= 4 is 17.6 Å². The van der Waals surface area contributed by atoms with E-state index in [4.69, 9.17) is 4.74 Å². The molecule has 0 saturated heterocycles. The SMILES string of the molecule is COC(=O)C(=Cc1ccccc1)c1cn(Cc2ccccc2)nn1. The maximum absolute atomic E-state index is 12.1. The number of rotatable bonds is 5. The van der Waals surface area contributed by atoms with E-state index in [9.17, 15) is 4.79 Å². The highest BCUT2D eigenvalue weighted by Crippen LogP contribution is 2.18. The molecule has 1 heterocycles. The van der Waals surface area contributed by atoms with Gasteiger partial charge >= 0.3 is 5.97 Å². The van der Waals surface area contributed by atoms with Gasteiger partial charge in [-0.3, -0.25) is 0 Å². The van der Waals surface area contributed by atoms with E-state index in [1.807, 2.05) is 60.7 Å². The van der Waals surface area contributed by atoms with E-state index in [1.54, 1.807) is 17.0 Å². The van der Waals surface area contributed by atoms with Crippen LogP contribution in [0.4, 0.5) is 0 Å². The first-order chi connectivity index (χ1) is 11.8. The highest BCUT2D eigenvalue weighted by Gasteiger charge is 2.16. The predicted molar refractivity (Wildman–Crippen MR) is 91.9 cm³/mol. The molecular weight excluding hydrogens is 302 g/mol. The molecule has 0 radical (unpaired) electrons. The molecule has 0 unspecified atom stereocenters. The van der Waals surface area contributed by atoms with Gasteiger partial charge in [-0.15, -0.1) is 5.10 Å². The maximum Gasteiger partial charge on any atom is 0.340 e. The molecule has 0 saturated carbocycles. The molecule has 0 N–H and O–H groups in total. The summed E-state index contributed by atoms with van der Waals surface area (Å²) in [6.45, 7) is 0.591. The van der Waals surface area contributed by atoms with Gasteiger partial charge in [-0.2, -0.15) is 0 Å². The zero-order valence-electron chi connectivity index (χ0n) is 13.3. The summed E-state index contributed by atoms with van der Waals surface area (Å²) in [5, 5.41) is 8.23. The van der Waals surface area contributed by atoms with Crippen molar-refractivity contribution in [3.63, 3.8) is 0 Å². The van der Waals surface area contributed by atoms with Gasteiger partial charge in [0.25, 0.3) is 0 Å². The van der Waals surface area contributed by atoms with E-state index >= 15 is 0 Å². The van der Waals surface area contributed by atoms with Gasteiger partial charge in [0.15, 0.2) is 0 Å². The molecule has 0 fully saturated rings. The number of methoxy groups -OCH3 is 1. The molecule has 5 nitrogen and oxygen atoms in total. The Bertz CT molecular complexity index is 839. The summed E-state index contributed by atoms with van der Waals surface area (Å²) in [5.41, 5.74) is 2.88. The Balaban J connectivity index is 1.89. The van der Waals surface area contributed by atoms with E-state index in [2.05, 4.69) is 10.3 Å². The van der Waals surface area contributed by atoms with E-state index < -0.39 is 5.97 Å². The number of esters is 1. The molecule has 0 aliphatic carbocycles. The van der Waals surface area contributed by atoms with Crippen LogP contribution in [0.3, 0.4) is 0 Å². The smallest absolute Gasteiger partial charge is 0.340 e. The second-order valence-corrected chi connectivity index (χ2v) is 5.25. The van der Waals surface area contributed by atoms with Crippen LogP contribution in [-0.2, 0) is 16.1 Å². The predicted octanol–water partition coefficient (Wildman–Crippen LogP) is 3.04. The molecule has 0 bridgehead atoms. The van der Waals surface area contributed by atoms with Crippen molar-refractivity contribution in [1.82, 2.24) is 15.0 Å². The molecule has 0 amide bonds. The first kappa shape index (κ1) is 15.7. The average molecular weight is 319 g/mol. The van der Waals surface area contributed by atoms with Crippen LogP contribution in [0.15, 0.2) is 66.9 Å². The Labute approximate surface area is 140 Å². The van der Waals surface area contributed by atoms with Gasteiger partial charge in [0.1, 0.15) is 5.69 Å². The van der Waals surface area contributed by atoms with Gasteiger partial charge in [-0.25, -0.2) is 9.48 Å². The van der Waals surface area contributed by atoms with Crippen molar-refractivity contribution < 1.29 is 9.53 Å². The number of hydrogen-bond acceptors (Lipinski definition) is 4. The quantitative estimate of drug-likeness (QED) is 0.536. The lowest BCUT2D eigenvalue weighted by Crippen LogP contribution is -2.04. The molecule has 0 atom stereocenters. The van der Waals surface area contributed by atoms with E-state index in [-0.39, 0.29) is 0 Å². The molecule has 1 aromatic heterocycles. The fourth-order valence-corrected chi connectivity index (χ4v) is 2.33. The summed E-state index contributed by atoms with van der Waals surface area (Å²) in [7, 11) is 1.36. The standard InChI is InChI=1S/C19H17N3O2/c1-24-19(23)17(12-15-8-4-2-5-9-15)18-14-22(21-20-18)13-16-10-6-3-7-11-16/h2-12,14H,13H2,1H3. The Morgan fingerprint density at radius 3 is 2.42 bits per heavy atom. The fraction of sp³-hybridized carbons (Fsp3) is 0.105. The zero-order chi connectivity index (χ0) is 16.8. The Morgan fingerprint density at radius 1 is 1.08 bits per heavy atom. The first-order valence-electron chi connectivity index (χ1n) is 7.56. The maximum atomic E-state index is 12.1. The van der Waals surface area contributed by atoms with Crippen molar-refractivity contribution in [2.45, 2.75) is 6.54 Å². The molecule has 2 aromatic carbocycles. The summed E-state index contributed by atoms with van der Waals surface area (Å²) in [5.74, 6) is -0.439. The van der Waals surface area contributed by atoms with Crippen LogP contribution in [0, 0.1) is 0 Å². The molecule has 24 heavy (non-hydrogen) atoms. The number of ether oxygens (including phenoxy) is 1. The van der Waals surface area contributed by atoms with E-state index in [1.165, 1.54) is 7.11 Å². The van der Waals surface area contributed by atoms with Crippen LogP contribution < -0.4 is 0 Å². The number of aromatic nitrogens is 3. The number of nitrogens with zero attached hydrogens (tertiary/aromatic N) is 3. The largest absolute Gasteiger partial charge is 0.465 e. The molecular formula is C19H17N3O2. The van der Waals surface area contributed by atoms with Gasteiger partial charge in [-0.05, 0) is 17.2 Å². The number of carbonyl (C=O) groups is 1. The summed E-state index contributed by atoms with van der Waals surface area (Å²) >= 11 is 0. The van der Waals surface area contributed by atoms with Crippen LogP contribution in [0.2, 0.25) is 0 Å². The lowest BCUT2D eigenvalue weighted by Gasteiger charge is -2.02. The van der Waals surface area contributed by atoms with Crippen LogP contribution in [0.1, 0.15) is 16.8 Å².